The SMILES string of the molecule is Cc1ccc(CNC(=O)CNC(=O)c2cc3sccc3n2C)cc1. The van der Waals surface area contributed by atoms with E-state index in [1.165, 1.54) is 5.56 Å². The monoisotopic (exact) mass is 341 g/mol. The Kier molecular flexibility index (Phi) is 4.66. The van der Waals surface area contributed by atoms with Crippen LogP contribution in [0.2, 0.25) is 0 Å². The summed E-state index contributed by atoms with van der Waals surface area (Å²) in [5, 5.41) is 7.46. The first kappa shape index (κ1) is 16.3. The molecule has 2 N–H and O–H groups in total. The molecular weight excluding hydrogens is 322 g/mol. The number of carbonyl (C=O) groups is 2. The van der Waals surface area contributed by atoms with Gasteiger partial charge in [-0.15, -0.1) is 11.3 Å². The van der Waals surface area contributed by atoms with Gasteiger partial charge in [0, 0.05) is 13.6 Å². The van der Waals surface area contributed by atoms with Gasteiger partial charge in [0.25, 0.3) is 5.91 Å². The van der Waals surface area contributed by atoms with E-state index in [2.05, 4.69) is 10.6 Å². The molecule has 0 spiro atoms. The van der Waals surface area contributed by atoms with Crippen LogP contribution in [-0.4, -0.2) is 22.9 Å². The van der Waals surface area contributed by atoms with E-state index in [1.807, 2.05) is 60.3 Å². The number of hydrogen-bond acceptors (Lipinski definition) is 3. The van der Waals surface area contributed by atoms with Gasteiger partial charge in [-0.05, 0) is 30.0 Å². The van der Waals surface area contributed by atoms with E-state index in [4.69, 9.17) is 0 Å². The molecule has 0 aliphatic carbocycles. The van der Waals surface area contributed by atoms with Crippen LogP contribution >= 0.6 is 11.3 Å². The van der Waals surface area contributed by atoms with Gasteiger partial charge in [-0.3, -0.25) is 9.59 Å². The number of amides is 2. The zero-order chi connectivity index (χ0) is 17.1. The van der Waals surface area contributed by atoms with Crippen LogP contribution < -0.4 is 10.6 Å². The molecule has 2 heterocycles. The fraction of sp³-hybridized carbons (Fsp3) is 0.222. The number of fused-ring (bicyclic) bond motifs is 1. The van der Waals surface area contributed by atoms with Crippen molar-refractivity contribution < 1.29 is 9.59 Å². The van der Waals surface area contributed by atoms with Crippen molar-refractivity contribution in [1.29, 1.82) is 0 Å². The molecule has 0 saturated carbocycles. The predicted octanol–water partition coefficient (Wildman–Crippen LogP) is 2.59. The van der Waals surface area contributed by atoms with E-state index in [1.54, 1.807) is 11.3 Å². The highest BCUT2D eigenvalue weighted by molar-refractivity contribution is 7.17. The lowest BCUT2D eigenvalue weighted by atomic mass is 10.1. The first-order valence-corrected chi connectivity index (χ1v) is 8.56. The number of aryl methyl sites for hydroxylation is 2. The molecule has 3 aromatic rings. The van der Waals surface area contributed by atoms with E-state index in [9.17, 15) is 9.59 Å². The van der Waals surface area contributed by atoms with Crippen LogP contribution in [0.15, 0.2) is 41.8 Å². The van der Waals surface area contributed by atoms with Crippen LogP contribution in [0, 0.1) is 6.92 Å². The van der Waals surface area contributed by atoms with E-state index in [0.717, 1.165) is 15.8 Å². The molecule has 0 unspecified atom stereocenters. The van der Waals surface area contributed by atoms with Crippen LogP contribution in [0.25, 0.3) is 10.2 Å². The summed E-state index contributed by atoms with van der Waals surface area (Å²) in [4.78, 5) is 24.1. The van der Waals surface area contributed by atoms with Gasteiger partial charge in [-0.1, -0.05) is 29.8 Å². The smallest absolute Gasteiger partial charge is 0.268 e. The number of nitrogens with zero attached hydrogens (tertiary/aromatic N) is 1. The Bertz CT molecular complexity index is 877. The molecular formula is C18H19N3O2S. The number of thiophene rings is 1. The second-order valence-electron chi connectivity index (χ2n) is 5.70. The molecule has 0 fully saturated rings. The number of benzene rings is 1. The molecule has 0 bridgehead atoms. The molecule has 124 valence electrons. The van der Waals surface area contributed by atoms with Crippen molar-refractivity contribution in [3.63, 3.8) is 0 Å². The van der Waals surface area contributed by atoms with E-state index < -0.39 is 0 Å². The minimum atomic E-state index is -0.244. The summed E-state index contributed by atoms with van der Waals surface area (Å²) in [6.07, 6.45) is 0. The van der Waals surface area contributed by atoms with E-state index in [0.29, 0.717) is 12.2 Å². The zero-order valence-corrected chi connectivity index (χ0v) is 14.4. The van der Waals surface area contributed by atoms with Gasteiger partial charge >= 0.3 is 0 Å². The molecule has 0 atom stereocenters. The molecule has 24 heavy (non-hydrogen) atoms. The maximum atomic E-state index is 12.2. The van der Waals surface area contributed by atoms with Crippen molar-refractivity contribution in [3.05, 3.63) is 58.6 Å². The Hall–Kier alpha value is -2.60. The van der Waals surface area contributed by atoms with Crippen molar-refractivity contribution in [3.8, 4) is 0 Å². The van der Waals surface area contributed by atoms with Gasteiger partial charge in [-0.25, -0.2) is 0 Å². The van der Waals surface area contributed by atoms with Crippen LogP contribution in [0.5, 0.6) is 0 Å². The predicted molar refractivity (Wildman–Crippen MR) is 96.2 cm³/mol. The van der Waals surface area contributed by atoms with Crippen molar-refractivity contribution in [2.24, 2.45) is 7.05 Å². The lowest BCUT2D eigenvalue weighted by Gasteiger charge is -2.08. The second kappa shape index (κ2) is 6.88. The summed E-state index contributed by atoms with van der Waals surface area (Å²) < 4.78 is 2.90. The largest absolute Gasteiger partial charge is 0.350 e. The molecule has 3 rings (SSSR count). The number of hydrogen-bond donors (Lipinski definition) is 2. The van der Waals surface area contributed by atoms with Crippen LogP contribution in [0.4, 0.5) is 0 Å². The Morgan fingerprint density at radius 3 is 2.58 bits per heavy atom. The zero-order valence-electron chi connectivity index (χ0n) is 13.6. The van der Waals surface area contributed by atoms with Gasteiger partial charge in [0.05, 0.1) is 16.8 Å². The quantitative estimate of drug-likeness (QED) is 0.749. The Labute approximate surface area is 144 Å². The molecule has 5 nitrogen and oxygen atoms in total. The van der Waals surface area contributed by atoms with Gasteiger partial charge in [0.15, 0.2) is 0 Å². The average molecular weight is 341 g/mol. The maximum Gasteiger partial charge on any atom is 0.268 e. The Morgan fingerprint density at radius 1 is 1.12 bits per heavy atom. The van der Waals surface area contributed by atoms with Crippen molar-refractivity contribution >= 4 is 33.4 Å². The van der Waals surface area contributed by atoms with Crippen molar-refractivity contribution in [2.75, 3.05) is 6.54 Å². The highest BCUT2D eigenvalue weighted by atomic mass is 32.1. The molecule has 0 saturated heterocycles. The number of rotatable bonds is 5. The number of carbonyl (C=O) groups excluding carboxylic acids is 2. The number of aromatic nitrogens is 1. The first-order chi connectivity index (χ1) is 11.5. The highest BCUT2D eigenvalue weighted by Gasteiger charge is 2.14. The summed E-state index contributed by atoms with van der Waals surface area (Å²) in [7, 11) is 1.85. The van der Waals surface area contributed by atoms with Gasteiger partial charge in [0.1, 0.15) is 5.69 Å². The van der Waals surface area contributed by atoms with Crippen LogP contribution in [0.1, 0.15) is 21.6 Å². The lowest BCUT2D eigenvalue weighted by Crippen LogP contribution is -2.37. The summed E-state index contributed by atoms with van der Waals surface area (Å²) in [5.41, 5.74) is 3.79. The molecule has 1 aromatic carbocycles. The second-order valence-corrected chi connectivity index (χ2v) is 6.65. The topological polar surface area (TPSA) is 63.1 Å². The fourth-order valence-corrected chi connectivity index (χ4v) is 3.34. The fourth-order valence-electron chi connectivity index (χ4n) is 2.49. The third kappa shape index (κ3) is 3.49. The van der Waals surface area contributed by atoms with Gasteiger partial charge in [0.2, 0.25) is 5.91 Å². The molecule has 6 heteroatoms. The molecule has 0 aliphatic rings. The highest BCUT2D eigenvalue weighted by Crippen LogP contribution is 2.23. The molecule has 2 amide bonds. The minimum absolute atomic E-state index is 0.0382. The molecule has 0 aliphatic heterocycles. The number of nitrogens with one attached hydrogen (secondary N) is 2. The Balaban J connectivity index is 1.52. The van der Waals surface area contributed by atoms with E-state index >= 15 is 0 Å². The van der Waals surface area contributed by atoms with Gasteiger partial charge in [-0.2, -0.15) is 0 Å². The maximum absolute atomic E-state index is 12.2. The minimum Gasteiger partial charge on any atom is -0.350 e. The third-order valence-corrected chi connectivity index (χ3v) is 4.77. The Morgan fingerprint density at radius 2 is 1.88 bits per heavy atom. The standard InChI is InChI=1S/C18H19N3O2S/c1-12-3-5-13(6-4-12)10-19-17(22)11-20-18(23)15-9-16-14(21(15)2)7-8-24-16/h3-9H,10-11H2,1-2H3,(H,19,22)(H,20,23). The summed E-state index contributed by atoms with van der Waals surface area (Å²) in [6, 6.07) is 11.8. The van der Waals surface area contributed by atoms with Gasteiger partial charge < -0.3 is 15.2 Å². The van der Waals surface area contributed by atoms with E-state index in [-0.39, 0.29) is 18.4 Å². The summed E-state index contributed by atoms with van der Waals surface area (Å²) in [5.74, 6) is -0.452. The summed E-state index contributed by atoms with van der Waals surface area (Å²) in [6.45, 7) is 2.43. The molecule has 2 aromatic heterocycles. The lowest BCUT2D eigenvalue weighted by molar-refractivity contribution is -0.120. The molecule has 0 radical (unpaired) electrons. The van der Waals surface area contributed by atoms with Crippen molar-refractivity contribution in [1.82, 2.24) is 15.2 Å². The average Bonchev–Trinajstić information content (AvgIpc) is 3.15. The first-order valence-electron chi connectivity index (χ1n) is 7.68. The van der Waals surface area contributed by atoms with Crippen LogP contribution in [-0.2, 0) is 18.4 Å². The third-order valence-electron chi connectivity index (χ3n) is 3.92. The van der Waals surface area contributed by atoms with Crippen LogP contribution in [0.3, 0.4) is 0 Å². The van der Waals surface area contributed by atoms with Crippen molar-refractivity contribution in [2.45, 2.75) is 13.5 Å². The normalized spacial score (nSPS) is 10.8. The summed E-state index contributed by atoms with van der Waals surface area (Å²) >= 11 is 1.59.